The summed E-state index contributed by atoms with van der Waals surface area (Å²) in [5.41, 5.74) is 3.97. The Morgan fingerprint density at radius 3 is 2.56 bits per heavy atom. The molecule has 7 heteroatoms. The van der Waals surface area contributed by atoms with Crippen LogP contribution in [0.4, 0.5) is 0 Å². The van der Waals surface area contributed by atoms with E-state index in [2.05, 4.69) is 28.6 Å². The molecule has 7 nitrogen and oxygen atoms in total. The summed E-state index contributed by atoms with van der Waals surface area (Å²) in [5.74, 6) is 2.91. The fourth-order valence-corrected chi connectivity index (χ4v) is 4.72. The first-order valence-corrected chi connectivity index (χ1v) is 13.3. The van der Waals surface area contributed by atoms with Crippen molar-refractivity contribution in [3.8, 4) is 17.2 Å². The number of hydrogen-bond acceptors (Lipinski definition) is 5. The summed E-state index contributed by atoms with van der Waals surface area (Å²) in [6, 6.07) is 21.4. The number of carbonyl (C=O) groups is 1. The number of imidazole rings is 1. The predicted molar refractivity (Wildman–Crippen MR) is 155 cm³/mol. The number of nitrogens with one attached hydrogen (secondary N) is 1. The van der Waals surface area contributed by atoms with E-state index in [1.54, 1.807) is 14.2 Å². The van der Waals surface area contributed by atoms with Crippen LogP contribution >= 0.6 is 0 Å². The second-order valence-electron chi connectivity index (χ2n) is 9.42. The van der Waals surface area contributed by atoms with E-state index in [1.807, 2.05) is 67.6 Å². The van der Waals surface area contributed by atoms with Crippen molar-refractivity contribution in [2.75, 3.05) is 20.8 Å². The van der Waals surface area contributed by atoms with Gasteiger partial charge in [-0.05, 0) is 67.6 Å². The lowest BCUT2D eigenvalue weighted by molar-refractivity contribution is -0.121. The number of amides is 1. The molecule has 0 aliphatic rings. The highest BCUT2D eigenvalue weighted by atomic mass is 16.5. The highest BCUT2D eigenvalue weighted by Gasteiger charge is 2.19. The van der Waals surface area contributed by atoms with Crippen LogP contribution in [-0.2, 0) is 24.2 Å². The van der Waals surface area contributed by atoms with Gasteiger partial charge >= 0.3 is 0 Å². The normalized spacial score (nSPS) is 11.7. The Hall–Kier alpha value is -4.26. The number of methoxy groups -OCH3 is 2. The first-order valence-electron chi connectivity index (χ1n) is 13.3. The molecule has 1 atom stereocenters. The monoisotopic (exact) mass is 527 g/mol. The Bertz CT molecular complexity index is 1410. The molecule has 4 rings (SSSR count). The minimum Gasteiger partial charge on any atom is -0.493 e. The third kappa shape index (κ3) is 6.99. The maximum absolute atomic E-state index is 12.9. The molecule has 0 saturated heterocycles. The van der Waals surface area contributed by atoms with Gasteiger partial charge in [0.1, 0.15) is 11.6 Å². The molecular weight excluding hydrogens is 490 g/mol. The number of rotatable bonds is 14. The number of allylic oxidation sites excluding steroid dienone is 1. The van der Waals surface area contributed by atoms with Gasteiger partial charge in [-0.1, -0.05) is 42.5 Å². The molecule has 3 aromatic carbocycles. The van der Waals surface area contributed by atoms with Crippen LogP contribution in [0.1, 0.15) is 42.8 Å². The molecule has 1 heterocycles. The molecule has 0 spiro atoms. The van der Waals surface area contributed by atoms with Crippen molar-refractivity contribution in [3.63, 3.8) is 0 Å². The molecule has 0 aliphatic heterocycles. The summed E-state index contributed by atoms with van der Waals surface area (Å²) < 4.78 is 18.9. The first kappa shape index (κ1) is 27.8. The van der Waals surface area contributed by atoms with Crippen LogP contribution < -0.4 is 19.5 Å². The Morgan fingerprint density at radius 1 is 1.00 bits per heavy atom. The lowest BCUT2D eigenvalue weighted by Crippen LogP contribution is -2.30. The molecule has 4 aromatic rings. The van der Waals surface area contributed by atoms with Crippen molar-refractivity contribution in [1.29, 1.82) is 0 Å². The highest BCUT2D eigenvalue weighted by Crippen LogP contribution is 2.28. The van der Waals surface area contributed by atoms with E-state index in [0.29, 0.717) is 18.1 Å². The Kier molecular flexibility index (Phi) is 9.62. The minimum atomic E-state index is -0.257. The van der Waals surface area contributed by atoms with Crippen LogP contribution in [-0.4, -0.2) is 36.3 Å². The van der Waals surface area contributed by atoms with Crippen molar-refractivity contribution in [2.45, 2.75) is 45.2 Å². The van der Waals surface area contributed by atoms with Gasteiger partial charge in [0.25, 0.3) is 0 Å². The van der Waals surface area contributed by atoms with Crippen LogP contribution in [0.3, 0.4) is 0 Å². The molecule has 204 valence electrons. The molecule has 39 heavy (non-hydrogen) atoms. The van der Waals surface area contributed by atoms with Gasteiger partial charge in [0.15, 0.2) is 11.5 Å². The molecule has 0 fully saturated rings. The van der Waals surface area contributed by atoms with E-state index in [4.69, 9.17) is 19.2 Å². The summed E-state index contributed by atoms with van der Waals surface area (Å²) in [6.07, 6.45) is 4.73. The van der Waals surface area contributed by atoms with Crippen molar-refractivity contribution in [1.82, 2.24) is 14.9 Å². The highest BCUT2D eigenvalue weighted by molar-refractivity contribution is 5.80. The maximum Gasteiger partial charge on any atom is 0.224 e. The van der Waals surface area contributed by atoms with Gasteiger partial charge in [-0.3, -0.25) is 4.79 Å². The molecular formula is C32H37N3O4. The van der Waals surface area contributed by atoms with Crippen LogP contribution in [0.2, 0.25) is 0 Å². The van der Waals surface area contributed by atoms with Gasteiger partial charge in [-0.15, -0.1) is 6.58 Å². The Morgan fingerprint density at radius 2 is 1.77 bits per heavy atom. The van der Waals surface area contributed by atoms with Gasteiger partial charge in [0.05, 0.1) is 44.3 Å². The number of nitrogens with zero attached hydrogens (tertiary/aromatic N) is 2. The molecule has 0 bridgehead atoms. The lowest BCUT2D eigenvalue weighted by Gasteiger charge is -2.17. The van der Waals surface area contributed by atoms with Crippen molar-refractivity contribution >= 4 is 16.9 Å². The van der Waals surface area contributed by atoms with Crippen LogP contribution in [0.15, 0.2) is 79.4 Å². The van der Waals surface area contributed by atoms with Crippen molar-refractivity contribution in [3.05, 3.63) is 96.3 Å². The number of carbonyl (C=O) groups excluding carboxylic acids is 1. The van der Waals surface area contributed by atoms with Gasteiger partial charge in [0.2, 0.25) is 5.91 Å². The van der Waals surface area contributed by atoms with Gasteiger partial charge in [-0.2, -0.15) is 0 Å². The number of ether oxygens (including phenoxy) is 3. The molecule has 0 radical (unpaired) electrons. The molecule has 1 unspecified atom stereocenters. The summed E-state index contributed by atoms with van der Waals surface area (Å²) in [5, 5.41) is 3.13. The summed E-state index contributed by atoms with van der Waals surface area (Å²) >= 11 is 0. The smallest absolute Gasteiger partial charge is 0.224 e. The van der Waals surface area contributed by atoms with E-state index >= 15 is 0 Å². The molecule has 0 saturated carbocycles. The molecule has 1 amide bonds. The largest absolute Gasteiger partial charge is 0.493 e. The second-order valence-corrected chi connectivity index (χ2v) is 9.42. The van der Waals surface area contributed by atoms with Crippen molar-refractivity contribution < 1.29 is 19.0 Å². The first-order chi connectivity index (χ1) is 19.0. The molecule has 0 aliphatic carbocycles. The average Bonchev–Trinajstić information content (AvgIpc) is 3.32. The zero-order valence-electron chi connectivity index (χ0n) is 23.0. The van der Waals surface area contributed by atoms with Crippen LogP contribution in [0.5, 0.6) is 17.2 Å². The number of hydrogen-bond donors (Lipinski definition) is 1. The summed E-state index contributed by atoms with van der Waals surface area (Å²) in [6.45, 7) is 7.22. The van der Waals surface area contributed by atoms with Crippen LogP contribution in [0, 0.1) is 0 Å². The Labute approximate surface area is 230 Å². The summed E-state index contributed by atoms with van der Waals surface area (Å²) in [4.78, 5) is 17.8. The number of para-hydroxylation sites is 3. The number of aryl methyl sites for hydroxylation is 1. The van der Waals surface area contributed by atoms with Gasteiger partial charge in [0, 0.05) is 6.54 Å². The van der Waals surface area contributed by atoms with E-state index in [0.717, 1.165) is 59.5 Å². The number of aromatic nitrogens is 2. The van der Waals surface area contributed by atoms with Gasteiger partial charge in [-0.25, -0.2) is 4.98 Å². The molecule has 1 N–H and O–H groups in total. The zero-order valence-corrected chi connectivity index (χ0v) is 23.0. The standard InChI is InChI=1S/C32H37N3O4/c1-5-12-25-13-6-9-16-28(25)39-20-11-10-19-35-27-15-8-7-14-26(27)34-32(35)23(2)33-31(36)22-24-17-18-29(37-3)30(21-24)38-4/h5-9,13-18,21,23H,1,10-12,19-20,22H2,2-4H3,(H,33,36). The zero-order chi connectivity index (χ0) is 27.6. The maximum atomic E-state index is 12.9. The van der Waals surface area contributed by atoms with Crippen molar-refractivity contribution in [2.24, 2.45) is 0 Å². The van der Waals surface area contributed by atoms with E-state index < -0.39 is 0 Å². The average molecular weight is 528 g/mol. The van der Waals surface area contributed by atoms with Gasteiger partial charge < -0.3 is 24.1 Å². The van der Waals surface area contributed by atoms with E-state index in [9.17, 15) is 4.79 Å². The Balaban J connectivity index is 1.39. The molecule has 1 aromatic heterocycles. The second kappa shape index (κ2) is 13.5. The predicted octanol–water partition coefficient (Wildman–Crippen LogP) is 6.06. The number of unbranched alkanes of at least 4 members (excludes halogenated alkanes) is 1. The van der Waals surface area contributed by atoms with Crippen LogP contribution in [0.25, 0.3) is 11.0 Å². The topological polar surface area (TPSA) is 74.6 Å². The fourth-order valence-electron chi connectivity index (χ4n) is 4.72. The minimum absolute atomic E-state index is 0.0834. The number of fused-ring (bicyclic) bond motifs is 1. The SMILES string of the molecule is C=CCc1ccccc1OCCCCn1c(C(C)NC(=O)Cc2ccc(OC)c(OC)c2)nc2ccccc21. The van der Waals surface area contributed by atoms with E-state index in [1.165, 1.54) is 0 Å². The van der Waals surface area contributed by atoms with E-state index in [-0.39, 0.29) is 18.4 Å². The number of benzene rings is 3. The lowest BCUT2D eigenvalue weighted by atomic mass is 10.1. The third-order valence-corrected chi connectivity index (χ3v) is 6.63. The fraction of sp³-hybridized carbons (Fsp3) is 0.312. The summed E-state index contributed by atoms with van der Waals surface area (Å²) in [7, 11) is 3.18. The quantitative estimate of drug-likeness (QED) is 0.159. The third-order valence-electron chi connectivity index (χ3n) is 6.63.